The zero-order chi connectivity index (χ0) is 9.26. The lowest BCUT2D eigenvalue weighted by Gasteiger charge is -2.28. The Morgan fingerprint density at radius 2 is 2.15 bits per heavy atom. The standard InChI is InChI=1S/C12H17N/c1-9(13)11-8-4-6-10-5-2-3-7-12(10)11/h2-3,5,7,9,11H,4,6,8,13H2,1H3/t9-,11-/m0/s1. The van der Waals surface area contributed by atoms with Crippen molar-refractivity contribution in [1.29, 1.82) is 0 Å². The number of fused-ring (bicyclic) bond motifs is 1. The molecule has 2 rings (SSSR count). The summed E-state index contributed by atoms with van der Waals surface area (Å²) in [7, 11) is 0. The van der Waals surface area contributed by atoms with E-state index in [1.807, 2.05) is 0 Å². The molecular formula is C12H17N. The van der Waals surface area contributed by atoms with Crippen LogP contribution in [0.1, 0.15) is 36.8 Å². The summed E-state index contributed by atoms with van der Waals surface area (Å²) >= 11 is 0. The van der Waals surface area contributed by atoms with Crippen molar-refractivity contribution >= 4 is 0 Å². The summed E-state index contributed by atoms with van der Waals surface area (Å²) in [4.78, 5) is 0. The molecule has 1 aliphatic carbocycles. The van der Waals surface area contributed by atoms with Crippen LogP contribution in [0.3, 0.4) is 0 Å². The zero-order valence-electron chi connectivity index (χ0n) is 8.16. The van der Waals surface area contributed by atoms with Crippen molar-refractivity contribution in [2.45, 2.75) is 38.1 Å². The molecule has 0 unspecified atom stereocenters. The van der Waals surface area contributed by atoms with Crippen LogP contribution in [0.25, 0.3) is 0 Å². The van der Waals surface area contributed by atoms with E-state index in [1.54, 1.807) is 0 Å². The smallest absolute Gasteiger partial charge is 0.00794 e. The molecule has 2 N–H and O–H groups in total. The normalized spacial score (nSPS) is 23.7. The minimum Gasteiger partial charge on any atom is -0.327 e. The van der Waals surface area contributed by atoms with Crippen LogP contribution in [0.2, 0.25) is 0 Å². The first-order chi connectivity index (χ1) is 6.29. The van der Waals surface area contributed by atoms with Crippen molar-refractivity contribution in [3.8, 4) is 0 Å². The molecule has 0 aromatic heterocycles. The second-order valence-corrected chi connectivity index (χ2v) is 4.06. The molecule has 1 aliphatic rings. The summed E-state index contributed by atoms with van der Waals surface area (Å²) < 4.78 is 0. The van der Waals surface area contributed by atoms with Gasteiger partial charge in [0.15, 0.2) is 0 Å². The predicted molar refractivity (Wildman–Crippen MR) is 55.8 cm³/mol. The molecule has 0 amide bonds. The van der Waals surface area contributed by atoms with Crippen molar-refractivity contribution in [3.63, 3.8) is 0 Å². The fourth-order valence-corrected chi connectivity index (χ4v) is 2.34. The van der Waals surface area contributed by atoms with Crippen LogP contribution >= 0.6 is 0 Å². The molecule has 1 aromatic carbocycles. The van der Waals surface area contributed by atoms with Crippen LogP contribution < -0.4 is 5.73 Å². The summed E-state index contributed by atoms with van der Waals surface area (Å²) in [6, 6.07) is 9.02. The molecular weight excluding hydrogens is 158 g/mol. The lowest BCUT2D eigenvalue weighted by atomic mass is 9.79. The lowest BCUT2D eigenvalue weighted by molar-refractivity contribution is 0.485. The molecule has 1 heteroatoms. The van der Waals surface area contributed by atoms with Gasteiger partial charge in [0.1, 0.15) is 0 Å². The number of aryl methyl sites for hydroxylation is 1. The third kappa shape index (κ3) is 1.61. The van der Waals surface area contributed by atoms with Gasteiger partial charge in [-0.25, -0.2) is 0 Å². The minimum absolute atomic E-state index is 0.293. The van der Waals surface area contributed by atoms with E-state index in [4.69, 9.17) is 5.73 Å². The highest BCUT2D eigenvalue weighted by Crippen LogP contribution is 2.32. The molecule has 2 atom stereocenters. The van der Waals surface area contributed by atoms with Crippen molar-refractivity contribution in [2.24, 2.45) is 5.73 Å². The Morgan fingerprint density at radius 1 is 1.38 bits per heavy atom. The monoisotopic (exact) mass is 175 g/mol. The molecule has 0 bridgehead atoms. The van der Waals surface area contributed by atoms with Gasteiger partial charge >= 0.3 is 0 Å². The van der Waals surface area contributed by atoms with E-state index >= 15 is 0 Å². The topological polar surface area (TPSA) is 26.0 Å². The Bertz CT molecular complexity index is 291. The molecule has 0 spiro atoms. The Hall–Kier alpha value is -0.820. The molecule has 0 aliphatic heterocycles. The van der Waals surface area contributed by atoms with Gasteiger partial charge in [0.2, 0.25) is 0 Å². The summed E-state index contributed by atoms with van der Waals surface area (Å²) in [6.07, 6.45) is 3.79. The van der Waals surface area contributed by atoms with Gasteiger partial charge in [-0.05, 0) is 43.2 Å². The Labute approximate surface area is 80.0 Å². The Morgan fingerprint density at radius 3 is 2.92 bits per heavy atom. The molecule has 0 fully saturated rings. The third-order valence-corrected chi connectivity index (χ3v) is 3.05. The molecule has 70 valence electrons. The summed E-state index contributed by atoms with van der Waals surface area (Å²) in [5.74, 6) is 0.588. The first-order valence-electron chi connectivity index (χ1n) is 5.12. The van der Waals surface area contributed by atoms with Crippen LogP contribution in [-0.2, 0) is 6.42 Å². The highest BCUT2D eigenvalue weighted by molar-refractivity contribution is 5.33. The summed E-state index contributed by atoms with van der Waals surface area (Å²) in [6.45, 7) is 2.12. The minimum atomic E-state index is 0.293. The number of hydrogen-bond acceptors (Lipinski definition) is 1. The van der Waals surface area contributed by atoms with E-state index in [9.17, 15) is 0 Å². The maximum absolute atomic E-state index is 5.98. The van der Waals surface area contributed by atoms with Gasteiger partial charge in [-0.15, -0.1) is 0 Å². The molecule has 0 radical (unpaired) electrons. The Balaban J connectivity index is 2.37. The van der Waals surface area contributed by atoms with Crippen LogP contribution in [0.4, 0.5) is 0 Å². The first kappa shape index (κ1) is 8.76. The van der Waals surface area contributed by atoms with Gasteiger partial charge in [0, 0.05) is 6.04 Å². The van der Waals surface area contributed by atoms with E-state index < -0.39 is 0 Å². The lowest BCUT2D eigenvalue weighted by Crippen LogP contribution is -2.27. The Kier molecular flexibility index (Phi) is 2.36. The average Bonchev–Trinajstić information content (AvgIpc) is 2.17. The molecule has 1 nitrogen and oxygen atoms in total. The highest BCUT2D eigenvalue weighted by Gasteiger charge is 2.22. The fourth-order valence-electron chi connectivity index (χ4n) is 2.34. The average molecular weight is 175 g/mol. The second kappa shape index (κ2) is 3.51. The molecule has 0 saturated heterocycles. The third-order valence-electron chi connectivity index (χ3n) is 3.05. The maximum atomic E-state index is 5.98. The van der Waals surface area contributed by atoms with Gasteiger partial charge in [0.05, 0.1) is 0 Å². The molecule has 13 heavy (non-hydrogen) atoms. The van der Waals surface area contributed by atoms with E-state index in [0.29, 0.717) is 12.0 Å². The van der Waals surface area contributed by atoms with Crippen molar-refractivity contribution < 1.29 is 0 Å². The van der Waals surface area contributed by atoms with Crippen LogP contribution in [0.15, 0.2) is 24.3 Å². The first-order valence-corrected chi connectivity index (χ1v) is 5.12. The number of benzene rings is 1. The van der Waals surface area contributed by atoms with Gasteiger partial charge in [-0.3, -0.25) is 0 Å². The van der Waals surface area contributed by atoms with Crippen molar-refractivity contribution in [1.82, 2.24) is 0 Å². The fraction of sp³-hybridized carbons (Fsp3) is 0.500. The SMILES string of the molecule is C[C@H](N)[C@@H]1CCCc2ccccc21. The molecule has 0 saturated carbocycles. The van der Waals surface area contributed by atoms with Crippen molar-refractivity contribution in [2.75, 3.05) is 0 Å². The van der Waals surface area contributed by atoms with Gasteiger partial charge in [0.25, 0.3) is 0 Å². The largest absolute Gasteiger partial charge is 0.327 e. The molecule has 1 aromatic rings. The van der Waals surface area contributed by atoms with Gasteiger partial charge in [-0.2, -0.15) is 0 Å². The van der Waals surface area contributed by atoms with Crippen molar-refractivity contribution in [3.05, 3.63) is 35.4 Å². The van der Waals surface area contributed by atoms with Crippen LogP contribution in [-0.4, -0.2) is 6.04 Å². The summed E-state index contributed by atoms with van der Waals surface area (Å²) in [5.41, 5.74) is 8.98. The number of rotatable bonds is 1. The van der Waals surface area contributed by atoms with E-state index in [0.717, 1.165) is 0 Å². The second-order valence-electron chi connectivity index (χ2n) is 4.06. The summed E-state index contributed by atoms with van der Waals surface area (Å²) in [5, 5.41) is 0. The maximum Gasteiger partial charge on any atom is 0.00794 e. The quantitative estimate of drug-likeness (QED) is 0.697. The van der Waals surface area contributed by atoms with Crippen LogP contribution in [0.5, 0.6) is 0 Å². The van der Waals surface area contributed by atoms with Gasteiger partial charge in [-0.1, -0.05) is 24.3 Å². The molecule has 0 heterocycles. The predicted octanol–water partition coefficient (Wildman–Crippen LogP) is 2.45. The highest BCUT2D eigenvalue weighted by atomic mass is 14.6. The zero-order valence-corrected chi connectivity index (χ0v) is 8.16. The number of nitrogens with two attached hydrogens (primary N) is 1. The van der Waals surface area contributed by atoms with Crippen LogP contribution in [0, 0.1) is 0 Å². The van der Waals surface area contributed by atoms with E-state index in [-0.39, 0.29) is 0 Å². The van der Waals surface area contributed by atoms with Gasteiger partial charge < -0.3 is 5.73 Å². The van der Waals surface area contributed by atoms with E-state index in [2.05, 4.69) is 31.2 Å². The number of hydrogen-bond donors (Lipinski definition) is 1. The van der Waals surface area contributed by atoms with E-state index in [1.165, 1.54) is 30.4 Å².